The summed E-state index contributed by atoms with van der Waals surface area (Å²) in [6.45, 7) is 10.1. The van der Waals surface area contributed by atoms with Crippen LogP contribution in [0.2, 0.25) is 0 Å². The average molecular weight is 437 g/mol. The van der Waals surface area contributed by atoms with Gasteiger partial charge in [-0.2, -0.15) is 0 Å². The molecule has 0 aromatic heterocycles. The standard InChI is InChI=1S/C17H28FN3O.HI/c1-6-19-17(21-13(4)12(2)3)20-10-14-7-8-16(18)15(9-14)11-22-5;/h7-9,12-13H,6,10-11H2,1-5H3,(H2,19,20,21);1H. The zero-order valence-electron chi connectivity index (χ0n) is 14.6. The SMILES string of the molecule is CCNC(=NCc1ccc(F)c(COC)c1)NC(C)C(C)C.I. The summed E-state index contributed by atoms with van der Waals surface area (Å²) in [4.78, 5) is 4.57. The Labute approximate surface area is 156 Å². The highest BCUT2D eigenvalue weighted by Gasteiger charge is 2.09. The van der Waals surface area contributed by atoms with Crippen LogP contribution in [0.1, 0.15) is 38.8 Å². The summed E-state index contributed by atoms with van der Waals surface area (Å²) in [6, 6.07) is 5.36. The van der Waals surface area contributed by atoms with Crippen molar-refractivity contribution in [2.24, 2.45) is 10.9 Å². The molecule has 23 heavy (non-hydrogen) atoms. The van der Waals surface area contributed by atoms with Crippen LogP contribution in [-0.2, 0) is 17.9 Å². The Kier molecular flexibility index (Phi) is 11.2. The summed E-state index contributed by atoms with van der Waals surface area (Å²) in [5, 5.41) is 6.61. The molecule has 4 nitrogen and oxygen atoms in total. The quantitative estimate of drug-likeness (QED) is 0.389. The second-order valence-electron chi connectivity index (χ2n) is 5.73. The highest BCUT2D eigenvalue weighted by molar-refractivity contribution is 14.0. The Morgan fingerprint density at radius 1 is 1.30 bits per heavy atom. The second-order valence-corrected chi connectivity index (χ2v) is 5.73. The van der Waals surface area contributed by atoms with Gasteiger partial charge in [0.1, 0.15) is 5.82 Å². The minimum absolute atomic E-state index is 0. The fourth-order valence-corrected chi connectivity index (χ4v) is 1.87. The molecule has 0 aliphatic rings. The third-order valence-electron chi connectivity index (χ3n) is 3.54. The van der Waals surface area contributed by atoms with Crippen molar-refractivity contribution in [3.05, 3.63) is 35.1 Å². The lowest BCUT2D eigenvalue weighted by molar-refractivity contribution is 0.181. The van der Waals surface area contributed by atoms with Gasteiger partial charge >= 0.3 is 0 Å². The maximum atomic E-state index is 13.6. The third-order valence-corrected chi connectivity index (χ3v) is 3.54. The number of hydrogen-bond donors (Lipinski definition) is 2. The van der Waals surface area contributed by atoms with Gasteiger partial charge in [-0.1, -0.05) is 19.9 Å². The van der Waals surface area contributed by atoms with E-state index in [2.05, 4.69) is 36.4 Å². The lowest BCUT2D eigenvalue weighted by Gasteiger charge is -2.20. The monoisotopic (exact) mass is 437 g/mol. The number of nitrogens with zero attached hydrogens (tertiary/aromatic N) is 1. The molecule has 0 bridgehead atoms. The predicted molar refractivity (Wildman–Crippen MR) is 105 cm³/mol. The molecule has 1 aromatic carbocycles. The van der Waals surface area contributed by atoms with E-state index in [0.717, 1.165) is 18.1 Å². The molecule has 0 aliphatic heterocycles. The molecule has 0 saturated carbocycles. The molecule has 0 aliphatic carbocycles. The zero-order chi connectivity index (χ0) is 16.5. The lowest BCUT2D eigenvalue weighted by atomic mass is 10.1. The largest absolute Gasteiger partial charge is 0.380 e. The number of benzene rings is 1. The van der Waals surface area contributed by atoms with Gasteiger partial charge in [0.15, 0.2) is 5.96 Å². The molecule has 0 spiro atoms. The van der Waals surface area contributed by atoms with E-state index in [0.29, 0.717) is 24.1 Å². The molecule has 6 heteroatoms. The molecule has 1 rings (SSSR count). The molecule has 0 saturated heterocycles. The number of ether oxygens (including phenoxy) is 1. The first kappa shape index (κ1) is 22.1. The Bertz CT molecular complexity index is 495. The number of rotatable bonds is 7. The van der Waals surface area contributed by atoms with E-state index in [9.17, 15) is 4.39 Å². The first-order valence-corrected chi connectivity index (χ1v) is 7.79. The minimum atomic E-state index is -0.243. The predicted octanol–water partition coefficient (Wildman–Crippen LogP) is 3.69. The van der Waals surface area contributed by atoms with Crippen LogP contribution < -0.4 is 10.6 Å². The Balaban J connectivity index is 0.00000484. The number of methoxy groups -OCH3 is 1. The van der Waals surface area contributed by atoms with E-state index in [1.165, 1.54) is 6.07 Å². The Morgan fingerprint density at radius 2 is 2.00 bits per heavy atom. The third kappa shape index (κ3) is 7.97. The second kappa shape index (κ2) is 11.6. The first-order valence-electron chi connectivity index (χ1n) is 7.79. The number of halogens is 2. The summed E-state index contributed by atoms with van der Waals surface area (Å²) >= 11 is 0. The summed E-state index contributed by atoms with van der Waals surface area (Å²) in [7, 11) is 1.56. The van der Waals surface area contributed by atoms with E-state index >= 15 is 0 Å². The molecule has 0 fully saturated rings. The van der Waals surface area contributed by atoms with E-state index in [1.54, 1.807) is 19.2 Å². The molecule has 1 unspecified atom stereocenters. The van der Waals surface area contributed by atoms with Gasteiger partial charge in [-0.25, -0.2) is 9.38 Å². The van der Waals surface area contributed by atoms with Crippen molar-refractivity contribution in [1.82, 2.24) is 10.6 Å². The summed E-state index contributed by atoms with van der Waals surface area (Å²) in [5.74, 6) is 1.05. The zero-order valence-corrected chi connectivity index (χ0v) is 17.0. The maximum Gasteiger partial charge on any atom is 0.191 e. The summed E-state index contributed by atoms with van der Waals surface area (Å²) < 4.78 is 18.6. The number of hydrogen-bond acceptors (Lipinski definition) is 2. The molecule has 0 amide bonds. The maximum absolute atomic E-state index is 13.6. The smallest absolute Gasteiger partial charge is 0.191 e. The van der Waals surface area contributed by atoms with Crippen LogP contribution in [0, 0.1) is 11.7 Å². The van der Waals surface area contributed by atoms with Gasteiger partial charge in [0.05, 0.1) is 13.2 Å². The van der Waals surface area contributed by atoms with Gasteiger partial charge in [0.25, 0.3) is 0 Å². The average Bonchev–Trinajstić information content (AvgIpc) is 2.48. The van der Waals surface area contributed by atoms with E-state index in [4.69, 9.17) is 4.74 Å². The summed E-state index contributed by atoms with van der Waals surface area (Å²) in [6.07, 6.45) is 0. The van der Waals surface area contributed by atoms with Crippen molar-refractivity contribution in [1.29, 1.82) is 0 Å². The van der Waals surface area contributed by atoms with Crippen molar-refractivity contribution in [3.63, 3.8) is 0 Å². The van der Waals surface area contributed by atoms with Crippen LogP contribution >= 0.6 is 24.0 Å². The van der Waals surface area contributed by atoms with Crippen molar-refractivity contribution in [2.45, 2.75) is 46.9 Å². The van der Waals surface area contributed by atoms with Crippen molar-refractivity contribution in [2.75, 3.05) is 13.7 Å². The number of guanidine groups is 1. The molecule has 1 aromatic rings. The molecule has 2 N–H and O–H groups in total. The van der Waals surface area contributed by atoms with Crippen LogP contribution in [0.25, 0.3) is 0 Å². The molecular weight excluding hydrogens is 408 g/mol. The fourth-order valence-electron chi connectivity index (χ4n) is 1.87. The first-order chi connectivity index (χ1) is 10.5. The van der Waals surface area contributed by atoms with Crippen LogP contribution in [-0.4, -0.2) is 25.7 Å². The molecular formula is C17H29FIN3O. The molecule has 132 valence electrons. The van der Waals surface area contributed by atoms with E-state index in [1.807, 2.05) is 6.92 Å². The van der Waals surface area contributed by atoms with Gasteiger partial charge in [-0.15, -0.1) is 24.0 Å². The van der Waals surface area contributed by atoms with E-state index in [-0.39, 0.29) is 36.4 Å². The van der Waals surface area contributed by atoms with Gasteiger partial charge in [0, 0.05) is 25.3 Å². The Hall–Kier alpha value is -0.890. The highest BCUT2D eigenvalue weighted by atomic mass is 127. The summed E-state index contributed by atoms with van der Waals surface area (Å²) in [5.41, 5.74) is 1.52. The molecule has 1 atom stereocenters. The van der Waals surface area contributed by atoms with Crippen LogP contribution in [0.5, 0.6) is 0 Å². The minimum Gasteiger partial charge on any atom is -0.380 e. The van der Waals surface area contributed by atoms with Gasteiger partial charge < -0.3 is 15.4 Å². The molecule has 0 heterocycles. The van der Waals surface area contributed by atoms with Crippen molar-refractivity contribution >= 4 is 29.9 Å². The topological polar surface area (TPSA) is 45.7 Å². The van der Waals surface area contributed by atoms with Gasteiger partial charge in [-0.3, -0.25) is 0 Å². The van der Waals surface area contributed by atoms with Gasteiger partial charge in [-0.05, 0) is 37.5 Å². The highest BCUT2D eigenvalue weighted by Crippen LogP contribution is 2.12. The number of aliphatic imine (C=N–C) groups is 1. The van der Waals surface area contributed by atoms with Crippen molar-refractivity contribution in [3.8, 4) is 0 Å². The van der Waals surface area contributed by atoms with Crippen LogP contribution in [0.4, 0.5) is 4.39 Å². The Morgan fingerprint density at radius 3 is 2.57 bits per heavy atom. The van der Waals surface area contributed by atoms with Crippen LogP contribution in [0.3, 0.4) is 0 Å². The fraction of sp³-hybridized carbons (Fsp3) is 0.588. The molecule has 0 radical (unpaired) electrons. The van der Waals surface area contributed by atoms with E-state index < -0.39 is 0 Å². The lowest BCUT2D eigenvalue weighted by Crippen LogP contribution is -2.44. The normalized spacial score (nSPS) is 12.7. The van der Waals surface area contributed by atoms with Crippen molar-refractivity contribution < 1.29 is 9.13 Å². The van der Waals surface area contributed by atoms with Crippen LogP contribution in [0.15, 0.2) is 23.2 Å². The van der Waals surface area contributed by atoms with Gasteiger partial charge in [0.2, 0.25) is 0 Å². The number of nitrogens with one attached hydrogen (secondary N) is 2.